The summed E-state index contributed by atoms with van der Waals surface area (Å²) in [5, 5.41) is 9.74. The fraction of sp³-hybridized carbons (Fsp3) is 0.389. The molecule has 0 unspecified atom stereocenters. The smallest absolute Gasteiger partial charge is 0.323 e. The van der Waals surface area contributed by atoms with Gasteiger partial charge in [-0.1, -0.05) is 6.92 Å². The summed E-state index contributed by atoms with van der Waals surface area (Å²) in [5.74, 6) is -0.515. The number of hydrogen-bond acceptors (Lipinski definition) is 5. The second-order valence-corrected chi connectivity index (χ2v) is 6.51. The normalized spacial score (nSPS) is 10.5. The van der Waals surface area contributed by atoms with E-state index in [0.29, 0.717) is 30.1 Å². The summed E-state index contributed by atoms with van der Waals surface area (Å²) in [6.07, 6.45) is 0.697. The lowest BCUT2D eigenvalue weighted by Crippen LogP contribution is -2.36. The number of benzene rings is 1. The van der Waals surface area contributed by atoms with Gasteiger partial charge in [0.05, 0.1) is 12.3 Å². The highest BCUT2D eigenvalue weighted by Crippen LogP contribution is 2.30. The minimum Gasteiger partial charge on any atom is -0.494 e. The van der Waals surface area contributed by atoms with Crippen LogP contribution in [0.2, 0.25) is 0 Å². The van der Waals surface area contributed by atoms with Gasteiger partial charge in [0.1, 0.15) is 22.2 Å². The van der Waals surface area contributed by atoms with E-state index in [0.717, 1.165) is 16.3 Å². The molecule has 0 atom stereocenters. The Morgan fingerprint density at radius 2 is 1.92 bits per heavy atom. The summed E-state index contributed by atoms with van der Waals surface area (Å²) in [4.78, 5) is 30.0. The van der Waals surface area contributed by atoms with Gasteiger partial charge in [0.2, 0.25) is 0 Å². The highest BCUT2D eigenvalue weighted by molar-refractivity contribution is 7.17. The van der Waals surface area contributed by atoms with Gasteiger partial charge < -0.3 is 14.7 Å². The predicted molar refractivity (Wildman–Crippen MR) is 97.3 cm³/mol. The van der Waals surface area contributed by atoms with Crippen molar-refractivity contribution in [3.05, 3.63) is 34.8 Å². The van der Waals surface area contributed by atoms with Crippen LogP contribution in [0.4, 0.5) is 0 Å². The van der Waals surface area contributed by atoms with Gasteiger partial charge in [-0.05, 0) is 44.5 Å². The average molecular weight is 362 g/mol. The molecule has 7 heteroatoms. The van der Waals surface area contributed by atoms with Crippen molar-refractivity contribution in [2.75, 3.05) is 19.7 Å². The third-order valence-electron chi connectivity index (χ3n) is 3.51. The number of carboxylic acids is 1. The van der Waals surface area contributed by atoms with Gasteiger partial charge >= 0.3 is 5.97 Å². The number of aromatic nitrogens is 1. The third-order valence-corrected chi connectivity index (χ3v) is 4.70. The SMILES string of the molecule is CCCN(CC(=O)O)C(=O)c1sc(-c2ccc(OCC)cc2)nc1C. The summed E-state index contributed by atoms with van der Waals surface area (Å²) in [5.41, 5.74) is 1.52. The fourth-order valence-electron chi connectivity index (χ4n) is 2.41. The van der Waals surface area contributed by atoms with Crippen LogP contribution in [-0.4, -0.2) is 46.6 Å². The average Bonchev–Trinajstić information content (AvgIpc) is 2.96. The van der Waals surface area contributed by atoms with Gasteiger partial charge in [0.15, 0.2) is 0 Å². The monoisotopic (exact) mass is 362 g/mol. The topological polar surface area (TPSA) is 79.7 Å². The number of nitrogens with zero attached hydrogens (tertiary/aromatic N) is 2. The Bertz CT molecular complexity index is 740. The highest BCUT2D eigenvalue weighted by atomic mass is 32.1. The number of aryl methyl sites for hydroxylation is 1. The Kier molecular flexibility index (Phi) is 6.52. The van der Waals surface area contributed by atoms with Crippen molar-refractivity contribution in [2.24, 2.45) is 0 Å². The first-order valence-electron chi connectivity index (χ1n) is 8.18. The largest absolute Gasteiger partial charge is 0.494 e. The summed E-state index contributed by atoms with van der Waals surface area (Å²) in [6.45, 7) is 6.31. The first-order chi connectivity index (χ1) is 12.0. The number of carbonyl (C=O) groups excluding carboxylic acids is 1. The lowest BCUT2D eigenvalue weighted by atomic mass is 10.2. The van der Waals surface area contributed by atoms with Crippen LogP contribution in [0.15, 0.2) is 24.3 Å². The lowest BCUT2D eigenvalue weighted by Gasteiger charge is -2.19. The Morgan fingerprint density at radius 3 is 2.48 bits per heavy atom. The standard InChI is InChI=1S/C18H22N2O4S/c1-4-10-20(11-15(21)22)18(23)16-12(3)19-17(25-16)13-6-8-14(9-7-13)24-5-2/h6-9H,4-5,10-11H2,1-3H3,(H,21,22). The number of carboxylic acid groups (broad SMARTS) is 1. The molecule has 1 amide bonds. The zero-order valence-electron chi connectivity index (χ0n) is 14.6. The van der Waals surface area contributed by atoms with Crippen molar-refractivity contribution in [1.29, 1.82) is 0 Å². The first kappa shape index (κ1) is 18.9. The van der Waals surface area contributed by atoms with Crippen molar-refractivity contribution in [3.8, 4) is 16.3 Å². The first-order valence-corrected chi connectivity index (χ1v) is 8.99. The fourth-order valence-corrected chi connectivity index (χ4v) is 3.45. The number of amides is 1. The van der Waals surface area contributed by atoms with E-state index in [9.17, 15) is 9.59 Å². The molecule has 1 heterocycles. The van der Waals surface area contributed by atoms with Crippen molar-refractivity contribution in [3.63, 3.8) is 0 Å². The molecule has 1 aromatic heterocycles. The summed E-state index contributed by atoms with van der Waals surface area (Å²) in [7, 11) is 0. The Morgan fingerprint density at radius 1 is 1.24 bits per heavy atom. The molecular weight excluding hydrogens is 340 g/mol. The van der Waals surface area contributed by atoms with Gasteiger partial charge in [-0.2, -0.15) is 0 Å². The van der Waals surface area contributed by atoms with Crippen molar-refractivity contribution in [2.45, 2.75) is 27.2 Å². The Balaban J connectivity index is 2.25. The molecule has 1 aromatic carbocycles. The molecular formula is C18H22N2O4S. The minimum atomic E-state index is -1.02. The zero-order valence-corrected chi connectivity index (χ0v) is 15.4. The molecule has 0 aliphatic rings. The minimum absolute atomic E-state index is 0.281. The van der Waals surface area contributed by atoms with E-state index in [2.05, 4.69) is 4.98 Å². The van der Waals surface area contributed by atoms with Crippen molar-refractivity contribution in [1.82, 2.24) is 9.88 Å². The second kappa shape index (κ2) is 8.62. The molecule has 134 valence electrons. The van der Waals surface area contributed by atoms with Crippen molar-refractivity contribution >= 4 is 23.2 Å². The van der Waals surface area contributed by atoms with Crippen LogP contribution in [0.1, 0.15) is 35.6 Å². The summed E-state index contributed by atoms with van der Waals surface area (Å²) in [6, 6.07) is 7.53. The summed E-state index contributed by atoms with van der Waals surface area (Å²) >= 11 is 1.29. The van der Waals surface area contributed by atoms with Crippen LogP contribution < -0.4 is 4.74 Å². The van der Waals surface area contributed by atoms with E-state index in [-0.39, 0.29) is 12.5 Å². The predicted octanol–water partition coefficient (Wildman–Crippen LogP) is 3.45. The molecule has 6 nitrogen and oxygen atoms in total. The van der Waals surface area contributed by atoms with Gasteiger partial charge in [-0.3, -0.25) is 9.59 Å². The van der Waals surface area contributed by atoms with Gasteiger partial charge in [0, 0.05) is 12.1 Å². The molecule has 0 bridgehead atoms. The van der Waals surface area contributed by atoms with Crippen LogP contribution >= 0.6 is 11.3 Å². The quantitative estimate of drug-likeness (QED) is 0.778. The zero-order chi connectivity index (χ0) is 18.4. The number of carbonyl (C=O) groups is 2. The van der Waals surface area contributed by atoms with E-state index in [1.165, 1.54) is 16.2 Å². The molecule has 0 spiro atoms. The second-order valence-electron chi connectivity index (χ2n) is 5.51. The maximum Gasteiger partial charge on any atom is 0.323 e. The highest BCUT2D eigenvalue weighted by Gasteiger charge is 2.23. The molecule has 0 saturated heterocycles. The van der Waals surface area contributed by atoms with Crippen LogP contribution in [0.25, 0.3) is 10.6 Å². The number of ether oxygens (including phenoxy) is 1. The van der Waals surface area contributed by atoms with Crippen molar-refractivity contribution < 1.29 is 19.4 Å². The Hall–Kier alpha value is -2.41. The van der Waals surface area contributed by atoms with E-state index in [1.54, 1.807) is 6.92 Å². The third kappa shape index (κ3) is 4.79. The van der Waals surface area contributed by atoms with E-state index >= 15 is 0 Å². The maximum atomic E-state index is 12.7. The van der Waals surface area contributed by atoms with E-state index < -0.39 is 5.97 Å². The maximum absolute atomic E-state index is 12.7. The number of rotatable bonds is 8. The molecule has 0 saturated carbocycles. The lowest BCUT2D eigenvalue weighted by molar-refractivity contribution is -0.137. The molecule has 25 heavy (non-hydrogen) atoms. The van der Waals surface area contributed by atoms with Crippen LogP contribution in [0, 0.1) is 6.92 Å². The molecule has 0 aliphatic carbocycles. The number of aliphatic carboxylic acids is 1. The molecule has 2 rings (SSSR count). The van der Waals surface area contributed by atoms with Gasteiger partial charge in [-0.25, -0.2) is 4.98 Å². The number of hydrogen-bond donors (Lipinski definition) is 1. The van der Waals surface area contributed by atoms with E-state index in [1.807, 2.05) is 38.1 Å². The van der Waals surface area contributed by atoms with Crippen LogP contribution in [0.3, 0.4) is 0 Å². The van der Waals surface area contributed by atoms with E-state index in [4.69, 9.17) is 9.84 Å². The Labute approximate surface area is 151 Å². The molecule has 0 radical (unpaired) electrons. The molecule has 0 fully saturated rings. The van der Waals surface area contributed by atoms with Crippen LogP contribution in [0.5, 0.6) is 5.75 Å². The molecule has 0 aliphatic heterocycles. The van der Waals surface area contributed by atoms with Gasteiger partial charge in [-0.15, -0.1) is 11.3 Å². The molecule has 2 aromatic rings. The van der Waals surface area contributed by atoms with Crippen LogP contribution in [-0.2, 0) is 4.79 Å². The summed E-state index contributed by atoms with van der Waals surface area (Å²) < 4.78 is 5.43. The molecule has 1 N–H and O–H groups in total. The number of thiazole rings is 1. The van der Waals surface area contributed by atoms with Gasteiger partial charge in [0.25, 0.3) is 5.91 Å².